The smallest absolute Gasteiger partial charge is 0.242 e. The third-order valence-electron chi connectivity index (χ3n) is 3.57. The fraction of sp³-hybridized carbons (Fsp3) is 0.385. The van der Waals surface area contributed by atoms with Crippen molar-refractivity contribution in [2.45, 2.75) is 19.4 Å². The average Bonchev–Trinajstić information content (AvgIpc) is 3.01. The zero-order valence-corrected chi connectivity index (χ0v) is 11.5. The number of imidazole rings is 1. The molecule has 0 spiro atoms. The van der Waals surface area contributed by atoms with Crippen LogP contribution in [0.2, 0.25) is 5.02 Å². The largest absolute Gasteiger partial charge is 0.369 e. The first-order chi connectivity index (χ1) is 9.56. The number of carbonyl (C=O) groups is 1. The number of nitrogens with zero attached hydrogens (tertiary/aromatic N) is 3. The van der Waals surface area contributed by atoms with Crippen LogP contribution in [0, 0.1) is 5.82 Å². The lowest BCUT2D eigenvalue weighted by atomic mass is 10.3. The first-order valence-corrected chi connectivity index (χ1v) is 6.82. The van der Waals surface area contributed by atoms with Crippen LogP contribution in [0.15, 0.2) is 12.1 Å². The minimum absolute atomic E-state index is 0.00560. The second-order valence-corrected chi connectivity index (χ2v) is 5.31. The molecule has 0 saturated carbocycles. The summed E-state index contributed by atoms with van der Waals surface area (Å²) in [6, 6.07) is 2.68. The van der Waals surface area contributed by atoms with Crippen molar-refractivity contribution in [2.75, 3.05) is 18.8 Å². The number of halogens is 2. The number of hydrogen-bond donors (Lipinski definition) is 1. The number of aromatic nitrogens is 2. The summed E-state index contributed by atoms with van der Waals surface area (Å²) in [6.07, 6.45) is 2.06. The van der Waals surface area contributed by atoms with Gasteiger partial charge in [-0.15, -0.1) is 0 Å². The number of carbonyl (C=O) groups excluding carboxylic acids is 1. The van der Waals surface area contributed by atoms with Crippen LogP contribution in [0.3, 0.4) is 0 Å². The molecule has 0 bridgehead atoms. The van der Waals surface area contributed by atoms with Crippen molar-refractivity contribution in [2.24, 2.45) is 0 Å². The molecule has 5 nitrogen and oxygen atoms in total. The van der Waals surface area contributed by atoms with Gasteiger partial charge in [-0.05, 0) is 18.9 Å². The van der Waals surface area contributed by atoms with Gasteiger partial charge in [0.25, 0.3) is 0 Å². The van der Waals surface area contributed by atoms with Gasteiger partial charge in [-0.2, -0.15) is 0 Å². The molecule has 0 atom stereocenters. The van der Waals surface area contributed by atoms with Crippen molar-refractivity contribution in [3.8, 4) is 0 Å². The molecule has 20 heavy (non-hydrogen) atoms. The summed E-state index contributed by atoms with van der Waals surface area (Å²) in [7, 11) is 0. The Bertz CT molecular complexity index is 679. The maximum absolute atomic E-state index is 13.4. The van der Waals surface area contributed by atoms with E-state index >= 15 is 0 Å². The second-order valence-electron chi connectivity index (χ2n) is 4.90. The van der Waals surface area contributed by atoms with Crippen LogP contribution >= 0.6 is 11.6 Å². The molecule has 2 N–H and O–H groups in total. The third kappa shape index (κ3) is 2.20. The van der Waals surface area contributed by atoms with Crippen LogP contribution in [0.25, 0.3) is 11.0 Å². The van der Waals surface area contributed by atoms with E-state index < -0.39 is 5.82 Å². The predicted octanol–water partition coefficient (Wildman–Crippen LogP) is 2.03. The highest BCUT2D eigenvalue weighted by Gasteiger charge is 2.20. The molecule has 3 rings (SSSR count). The summed E-state index contributed by atoms with van der Waals surface area (Å²) < 4.78 is 15.0. The lowest BCUT2D eigenvalue weighted by Crippen LogP contribution is -2.31. The zero-order valence-electron chi connectivity index (χ0n) is 10.8. The number of amides is 1. The molecule has 1 aliphatic rings. The van der Waals surface area contributed by atoms with Gasteiger partial charge in [0.1, 0.15) is 12.4 Å². The molecule has 1 aromatic heterocycles. The lowest BCUT2D eigenvalue weighted by molar-refractivity contribution is -0.130. The van der Waals surface area contributed by atoms with E-state index in [1.807, 2.05) is 0 Å². The average molecular weight is 297 g/mol. The number of fused-ring (bicyclic) bond motifs is 1. The number of nitrogens with two attached hydrogens (primary N) is 1. The first-order valence-electron chi connectivity index (χ1n) is 6.45. The minimum Gasteiger partial charge on any atom is -0.369 e. The van der Waals surface area contributed by atoms with Crippen molar-refractivity contribution in [1.82, 2.24) is 14.5 Å². The Morgan fingerprint density at radius 1 is 1.40 bits per heavy atom. The molecule has 0 aliphatic carbocycles. The summed E-state index contributed by atoms with van der Waals surface area (Å²) in [5, 5.41) is -0.00716. The molecular formula is C13H14ClFN4O. The van der Waals surface area contributed by atoms with Gasteiger partial charge < -0.3 is 15.2 Å². The molecule has 1 aromatic carbocycles. The SMILES string of the molecule is Nc1nc2cc(F)c(Cl)cc2n1CC(=O)N1CCCC1. The molecule has 2 heterocycles. The van der Waals surface area contributed by atoms with Crippen LogP contribution in [-0.4, -0.2) is 33.4 Å². The van der Waals surface area contributed by atoms with Crippen LogP contribution in [-0.2, 0) is 11.3 Å². The Kier molecular flexibility index (Phi) is 3.25. The molecule has 1 saturated heterocycles. The van der Waals surface area contributed by atoms with E-state index in [-0.39, 0.29) is 23.4 Å². The maximum Gasteiger partial charge on any atom is 0.242 e. The molecule has 0 unspecified atom stereocenters. The number of anilines is 1. The highest BCUT2D eigenvalue weighted by Crippen LogP contribution is 2.25. The monoisotopic (exact) mass is 296 g/mol. The van der Waals surface area contributed by atoms with E-state index in [4.69, 9.17) is 17.3 Å². The van der Waals surface area contributed by atoms with Crippen molar-refractivity contribution >= 4 is 34.5 Å². The van der Waals surface area contributed by atoms with Gasteiger partial charge in [-0.25, -0.2) is 9.37 Å². The fourth-order valence-corrected chi connectivity index (χ4v) is 2.66. The van der Waals surface area contributed by atoms with Crippen molar-refractivity contribution in [3.05, 3.63) is 23.0 Å². The number of nitrogen functional groups attached to an aromatic ring is 1. The highest BCUT2D eigenvalue weighted by molar-refractivity contribution is 6.31. The molecule has 1 aliphatic heterocycles. The van der Waals surface area contributed by atoms with Crippen LogP contribution in [0.1, 0.15) is 12.8 Å². The molecule has 0 radical (unpaired) electrons. The van der Waals surface area contributed by atoms with Gasteiger partial charge in [0.05, 0.1) is 16.1 Å². The van der Waals surface area contributed by atoms with Gasteiger partial charge in [0.2, 0.25) is 11.9 Å². The van der Waals surface area contributed by atoms with Gasteiger partial charge >= 0.3 is 0 Å². The number of benzene rings is 1. The molecular weight excluding hydrogens is 283 g/mol. The van der Waals surface area contributed by atoms with E-state index in [0.717, 1.165) is 25.9 Å². The van der Waals surface area contributed by atoms with Crippen LogP contribution in [0.5, 0.6) is 0 Å². The summed E-state index contributed by atoms with van der Waals surface area (Å²) in [6.45, 7) is 1.66. The number of rotatable bonds is 2. The minimum atomic E-state index is -0.547. The lowest BCUT2D eigenvalue weighted by Gasteiger charge is -2.16. The van der Waals surface area contributed by atoms with Gasteiger partial charge in [-0.1, -0.05) is 11.6 Å². The van der Waals surface area contributed by atoms with E-state index in [1.165, 1.54) is 12.1 Å². The summed E-state index contributed by atoms with van der Waals surface area (Å²) in [5.41, 5.74) is 6.79. The Hall–Kier alpha value is -1.82. The predicted molar refractivity (Wildman–Crippen MR) is 74.9 cm³/mol. The Labute approximate surface area is 120 Å². The standard InChI is InChI=1S/C13H14ClFN4O/c14-8-5-11-10(6-9(8)15)17-13(16)19(11)7-12(20)18-3-1-2-4-18/h5-6H,1-4,7H2,(H2,16,17). The number of hydrogen-bond acceptors (Lipinski definition) is 3. The highest BCUT2D eigenvalue weighted by atomic mass is 35.5. The van der Waals surface area contributed by atoms with Crippen molar-refractivity contribution < 1.29 is 9.18 Å². The summed E-state index contributed by atoms with van der Waals surface area (Å²) in [4.78, 5) is 18.0. The van der Waals surface area contributed by atoms with Crippen molar-refractivity contribution in [1.29, 1.82) is 0 Å². The van der Waals surface area contributed by atoms with Crippen LogP contribution in [0.4, 0.5) is 10.3 Å². The first kappa shape index (κ1) is 13.2. The van der Waals surface area contributed by atoms with E-state index in [9.17, 15) is 9.18 Å². The summed E-state index contributed by atoms with van der Waals surface area (Å²) in [5.74, 6) is -0.363. The van der Waals surface area contributed by atoms with Gasteiger partial charge in [0, 0.05) is 19.2 Å². The number of likely N-dealkylation sites (tertiary alicyclic amines) is 1. The normalized spacial score (nSPS) is 15.2. The Balaban J connectivity index is 1.96. The molecule has 1 amide bonds. The van der Waals surface area contributed by atoms with E-state index in [0.29, 0.717) is 11.0 Å². The summed E-state index contributed by atoms with van der Waals surface area (Å²) >= 11 is 5.78. The van der Waals surface area contributed by atoms with Gasteiger partial charge in [0.15, 0.2) is 0 Å². The fourth-order valence-electron chi connectivity index (χ4n) is 2.51. The molecule has 106 valence electrons. The van der Waals surface area contributed by atoms with Crippen molar-refractivity contribution in [3.63, 3.8) is 0 Å². The Morgan fingerprint density at radius 2 is 2.10 bits per heavy atom. The molecule has 2 aromatic rings. The maximum atomic E-state index is 13.4. The third-order valence-corrected chi connectivity index (χ3v) is 3.86. The molecule has 7 heteroatoms. The topological polar surface area (TPSA) is 64.1 Å². The van der Waals surface area contributed by atoms with Gasteiger partial charge in [-0.3, -0.25) is 4.79 Å². The zero-order chi connectivity index (χ0) is 14.3. The molecule has 1 fully saturated rings. The van der Waals surface area contributed by atoms with Crippen LogP contribution < -0.4 is 5.73 Å². The quantitative estimate of drug-likeness (QED) is 0.922. The van der Waals surface area contributed by atoms with E-state index in [1.54, 1.807) is 9.47 Å². The second kappa shape index (κ2) is 4.94. The Morgan fingerprint density at radius 3 is 2.80 bits per heavy atom. The van der Waals surface area contributed by atoms with E-state index in [2.05, 4.69) is 4.98 Å².